The molecule has 0 radical (unpaired) electrons. The van der Waals surface area contributed by atoms with Crippen molar-refractivity contribution in [3.8, 4) is 5.75 Å². The van der Waals surface area contributed by atoms with E-state index in [1.807, 2.05) is 0 Å². The number of nitro benzene ring substituents is 1. The molecule has 0 spiro atoms. The van der Waals surface area contributed by atoms with Gasteiger partial charge >= 0.3 is 11.7 Å². The van der Waals surface area contributed by atoms with Gasteiger partial charge in [-0.25, -0.2) is 4.79 Å². The number of amides is 1. The lowest BCUT2D eigenvalue weighted by Gasteiger charge is -2.21. The van der Waals surface area contributed by atoms with E-state index in [0.29, 0.717) is 19.4 Å². The molecule has 0 saturated carbocycles. The summed E-state index contributed by atoms with van der Waals surface area (Å²) in [7, 11) is 0. The Morgan fingerprint density at radius 1 is 1.43 bits per heavy atom. The summed E-state index contributed by atoms with van der Waals surface area (Å²) in [4.78, 5) is 34.4. The average molecular weight is 294 g/mol. The van der Waals surface area contributed by atoms with Crippen molar-refractivity contribution in [2.45, 2.75) is 18.9 Å². The first-order chi connectivity index (χ1) is 10.0. The molecule has 1 atom stereocenters. The van der Waals surface area contributed by atoms with Crippen LogP contribution in [0.4, 0.5) is 5.69 Å². The number of rotatable bonds is 5. The largest absolute Gasteiger partial charge is 0.480 e. The third-order valence-corrected chi connectivity index (χ3v) is 3.27. The van der Waals surface area contributed by atoms with Crippen LogP contribution >= 0.6 is 0 Å². The maximum Gasteiger partial charge on any atom is 0.326 e. The highest BCUT2D eigenvalue weighted by Gasteiger charge is 2.34. The zero-order valence-electron chi connectivity index (χ0n) is 11.1. The van der Waals surface area contributed by atoms with Crippen molar-refractivity contribution in [1.29, 1.82) is 0 Å². The maximum atomic E-state index is 12.0. The Balaban J connectivity index is 2.02. The molecule has 0 bridgehead atoms. The molecule has 2 rings (SSSR count). The minimum Gasteiger partial charge on any atom is -0.480 e. The molecule has 1 saturated heterocycles. The first-order valence-corrected chi connectivity index (χ1v) is 6.39. The lowest BCUT2D eigenvalue weighted by atomic mass is 10.2. The first-order valence-electron chi connectivity index (χ1n) is 6.39. The lowest BCUT2D eigenvalue weighted by Crippen LogP contribution is -2.42. The van der Waals surface area contributed by atoms with E-state index in [1.165, 1.54) is 23.1 Å². The molecule has 1 amide bonds. The monoisotopic (exact) mass is 294 g/mol. The van der Waals surface area contributed by atoms with Crippen LogP contribution in [0.25, 0.3) is 0 Å². The van der Waals surface area contributed by atoms with Crippen molar-refractivity contribution in [3.05, 3.63) is 34.4 Å². The standard InChI is InChI=1S/C13H14N2O6/c16-12(14-7-3-5-10(14)13(17)18)8-21-11-6-2-1-4-9(11)15(19)20/h1-2,4,6,10H,3,5,7-8H2,(H,17,18)/t10-/m1/s1. The number of hydrogen-bond donors (Lipinski definition) is 1. The van der Waals surface area contributed by atoms with Gasteiger partial charge in [-0.15, -0.1) is 0 Å². The molecule has 1 heterocycles. The predicted octanol–water partition coefficient (Wildman–Crippen LogP) is 1.05. The van der Waals surface area contributed by atoms with Crippen LogP contribution in [0, 0.1) is 10.1 Å². The molecule has 0 aromatic heterocycles. The van der Waals surface area contributed by atoms with E-state index >= 15 is 0 Å². The fourth-order valence-corrected chi connectivity index (χ4v) is 2.27. The van der Waals surface area contributed by atoms with E-state index in [2.05, 4.69) is 0 Å². The molecule has 1 fully saturated rings. The number of carbonyl (C=O) groups excluding carboxylic acids is 1. The number of hydrogen-bond acceptors (Lipinski definition) is 5. The van der Waals surface area contributed by atoms with Crippen molar-refractivity contribution in [2.75, 3.05) is 13.2 Å². The van der Waals surface area contributed by atoms with Gasteiger partial charge < -0.3 is 14.7 Å². The first kappa shape index (κ1) is 14.8. The molecule has 0 unspecified atom stereocenters. The van der Waals surface area contributed by atoms with E-state index in [-0.39, 0.29) is 11.4 Å². The molecule has 8 heteroatoms. The summed E-state index contributed by atoms with van der Waals surface area (Å²) in [5, 5.41) is 19.8. The summed E-state index contributed by atoms with van der Waals surface area (Å²) < 4.78 is 5.17. The normalized spacial score (nSPS) is 17.5. The van der Waals surface area contributed by atoms with Crippen LogP contribution in [0.1, 0.15) is 12.8 Å². The third-order valence-electron chi connectivity index (χ3n) is 3.27. The molecule has 8 nitrogen and oxygen atoms in total. The number of nitrogens with zero attached hydrogens (tertiary/aromatic N) is 2. The molecular formula is C13H14N2O6. The number of nitro groups is 1. The Morgan fingerprint density at radius 2 is 2.14 bits per heavy atom. The fraction of sp³-hybridized carbons (Fsp3) is 0.385. The number of likely N-dealkylation sites (tertiary alicyclic amines) is 1. The number of para-hydroxylation sites is 2. The highest BCUT2D eigenvalue weighted by Crippen LogP contribution is 2.26. The van der Waals surface area contributed by atoms with Crippen LogP contribution in [0.15, 0.2) is 24.3 Å². The quantitative estimate of drug-likeness (QED) is 0.642. The van der Waals surface area contributed by atoms with Crippen molar-refractivity contribution < 1.29 is 24.4 Å². The highest BCUT2D eigenvalue weighted by molar-refractivity contribution is 5.85. The molecule has 1 aromatic rings. The van der Waals surface area contributed by atoms with Crippen LogP contribution in [0.3, 0.4) is 0 Å². The lowest BCUT2D eigenvalue weighted by molar-refractivity contribution is -0.385. The summed E-state index contributed by atoms with van der Waals surface area (Å²) in [5.74, 6) is -1.55. The van der Waals surface area contributed by atoms with Crippen molar-refractivity contribution in [1.82, 2.24) is 4.90 Å². The van der Waals surface area contributed by atoms with Crippen molar-refractivity contribution >= 4 is 17.6 Å². The number of carbonyl (C=O) groups is 2. The van der Waals surface area contributed by atoms with E-state index in [1.54, 1.807) is 6.07 Å². The predicted molar refractivity (Wildman–Crippen MR) is 71.0 cm³/mol. The number of carboxylic acid groups (broad SMARTS) is 1. The molecule has 0 aliphatic carbocycles. The zero-order valence-corrected chi connectivity index (χ0v) is 11.1. The van der Waals surface area contributed by atoms with Crippen LogP contribution in [-0.2, 0) is 9.59 Å². The second-order valence-corrected chi connectivity index (χ2v) is 4.60. The number of ether oxygens (including phenoxy) is 1. The summed E-state index contributed by atoms with van der Waals surface area (Å²) in [6.45, 7) is -0.0648. The van der Waals surface area contributed by atoms with E-state index in [0.717, 1.165) is 0 Å². The summed E-state index contributed by atoms with van der Waals surface area (Å²) in [6, 6.07) is 4.88. The third kappa shape index (κ3) is 3.28. The number of carboxylic acids is 1. The summed E-state index contributed by atoms with van der Waals surface area (Å²) in [6.07, 6.45) is 1.03. The molecular weight excluding hydrogens is 280 g/mol. The fourth-order valence-electron chi connectivity index (χ4n) is 2.27. The average Bonchev–Trinajstić information content (AvgIpc) is 2.94. The maximum absolute atomic E-state index is 12.0. The number of benzene rings is 1. The smallest absolute Gasteiger partial charge is 0.326 e. The molecule has 1 aliphatic heterocycles. The van der Waals surface area contributed by atoms with Gasteiger partial charge in [0.05, 0.1) is 4.92 Å². The highest BCUT2D eigenvalue weighted by atomic mass is 16.6. The zero-order chi connectivity index (χ0) is 15.4. The van der Waals surface area contributed by atoms with Crippen LogP contribution in [0.2, 0.25) is 0 Å². The Labute approximate surface area is 120 Å². The minimum atomic E-state index is -1.05. The SMILES string of the molecule is O=C(O)[C@H]1CCCN1C(=O)COc1ccccc1[N+](=O)[O-]. The van der Waals surface area contributed by atoms with Gasteiger partial charge in [-0.1, -0.05) is 12.1 Å². The van der Waals surface area contributed by atoms with Gasteiger partial charge in [0, 0.05) is 12.6 Å². The molecule has 1 N–H and O–H groups in total. The van der Waals surface area contributed by atoms with Crippen LogP contribution in [0.5, 0.6) is 5.75 Å². The Kier molecular flexibility index (Phi) is 4.36. The van der Waals surface area contributed by atoms with E-state index < -0.39 is 29.4 Å². The van der Waals surface area contributed by atoms with Gasteiger partial charge in [0.25, 0.3) is 5.91 Å². The number of aliphatic carboxylic acids is 1. The van der Waals surface area contributed by atoms with Gasteiger partial charge in [-0.05, 0) is 18.9 Å². The Bertz CT molecular complexity index is 574. The summed E-state index contributed by atoms with van der Waals surface area (Å²) in [5.41, 5.74) is -0.235. The van der Waals surface area contributed by atoms with E-state index in [4.69, 9.17) is 9.84 Å². The Morgan fingerprint density at radius 3 is 2.81 bits per heavy atom. The Hall–Kier alpha value is -2.64. The second kappa shape index (κ2) is 6.21. The van der Waals surface area contributed by atoms with Crippen molar-refractivity contribution in [2.24, 2.45) is 0 Å². The molecule has 1 aliphatic rings. The molecule has 1 aromatic carbocycles. The van der Waals surface area contributed by atoms with Gasteiger partial charge in [-0.2, -0.15) is 0 Å². The molecule has 112 valence electrons. The topological polar surface area (TPSA) is 110 Å². The van der Waals surface area contributed by atoms with Gasteiger partial charge in [0.1, 0.15) is 6.04 Å². The van der Waals surface area contributed by atoms with Gasteiger partial charge in [0.15, 0.2) is 12.4 Å². The second-order valence-electron chi connectivity index (χ2n) is 4.60. The van der Waals surface area contributed by atoms with Crippen LogP contribution in [-0.4, -0.2) is 46.0 Å². The van der Waals surface area contributed by atoms with Gasteiger partial charge in [-0.3, -0.25) is 14.9 Å². The van der Waals surface area contributed by atoms with Gasteiger partial charge in [0.2, 0.25) is 0 Å². The minimum absolute atomic E-state index is 0.0121. The van der Waals surface area contributed by atoms with Crippen LogP contribution < -0.4 is 4.74 Å². The summed E-state index contributed by atoms with van der Waals surface area (Å²) >= 11 is 0. The van der Waals surface area contributed by atoms with E-state index in [9.17, 15) is 19.7 Å². The molecule has 21 heavy (non-hydrogen) atoms. The van der Waals surface area contributed by atoms with Crippen molar-refractivity contribution in [3.63, 3.8) is 0 Å².